The summed E-state index contributed by atoms with van der Waals surface area (Å²) < 4.78 is 0. The third-order valence-corrected chi connectivity index (χ3v) is 2.59. The third kappa shape index (κ3) is 1.50. The van der Waals surface area contributed by atoms with Gasteiger partial charge in [-0.1, -0.05) is 0 Å². The van der Waals surface area contributed by atoms with Crippen LogP contribution in [0.5, 0.6) is 0 Å². The van der Waals surface area contributed by atoms with Crippen LogP contribution in [0.1, 0.15) is 5.56 Å². The molecule has 3 aromatic heterocycles. The van der Waals surface area contributed by atoms with Crippen molar-refractivity contribution in [3.63, 3.8) is 0 Å². The molecule has 0 spiro atoms. The van der Waals surface area contributed by atoms with E-state index in [4.69, 9.17) is 0 Å². The zero-order valence-corrected chi connectivity index (χ0v) is 9.06. The van der Waals surface area contributed by atoms with E-state index in [9.17, 15) is 4.79 Å². The fourth-order valence-electron chi connectivity index (χ4n) is 1.71. The summed E-state index contributed by atoms with van der Waals surface area (Å²) in [7, 11) is 0. The lowest BCUT2D eigenvalue weighted by Gasteiger charge is -2.03. The lowest BCUT2D eigenvalue weighted by molar-refractivity contribution is 1.08. The lowest BCUT2D eigenvalue weighted by Crippen LogP contribution is -2.09. The molecule has 0 amide bonds. The molecule has 0 atom stereocenters. The zero-order valence-electron chi connectivity index (χ0n) is 9.06. The minimum atomic E-state index is -0.199. The van der Waals surface area contributed by atoms with Gasteiger partial charge in [0.2, 0.25) is 0 Å². The number of H-pyrrole nitrogens is 2. The van der Waals surface area contributed by atoms with Gasteiger partial charge in [-0.25, -0.2) is 4.98 Å². The summed E-state index contributed by atoms with van der Waals surface area (Å²) >= 11 is 0. The lowest BCUT2D eigenvalue weighted by atomic mass is 10.1. The van der Waals surface area contributed by atoms with E-state index in [1.165, 1.54) is 6.20 Å². The quantitative estimate of drug-likeness (QED) is 0.649. The number of aryl methyl sites for hydroxylation is 1. The number of nitrogens with one attached hydrogen (secondary N) is 2. The van der Waals surface area contributed by atoms with Gasteiger partial charge < -0.3 is 4.98 Å². The van der Waals surface area contributed by atoms with Gasteiger partial charge in [0, 0.05) is 18.0 Å². The zero-order chi connectivity index (χ0) is 11.8. The molecule has 0 aliphatic heterocycles. The second-order valence-electron chi connectivity index (χ2n) is 3.74. The predicted octanol–water partition coefficient (Wildman–Crippen LogP) is 1.02. The smallest absolute Gasteiger partial charge is 0.262 e. The second-order valence-corrected chi connectivity index (χ2v) is 3.74. The van der Waals surface area contributed by atoms with E-state index in [0.717, 1.165) is 11.1 Å². The highest BCUT2D eigenvalue weighted by atomic mass is 16.1. The van der Waals surface area contributed by atoms with Crippen molar-refractivity contribution < 1.29 is 0 Å². The normalized spacial score (nSPS) is 10.9. The average Bonchev–Trinajstić information content (AvgIpc) is 2.78. The van der Waals surface area contributed by atoms with Crippen LogP contribution < -0.4 is 5.56 Å². The number of hydrogen-bond acceptors (Lipinski definition) is 4. The van der Waals surface area contributed by atoms with Crippen molar-refractivity contribution in [3.05, 3.63) is 40.6 Å². The maximum atomic E-state index is 11.8. The van der Waals surface area contributed by atoms with Gasteiger partial charge in [-0.05, 0) is 18.6 Å². The van der Waals surface area contributed by atoms with E-state index in [-0.39, 0.29) is 5.56 Å². The minimum Gasteiger partial charge on any atom is -0.306 e. The van der Waals surface area contributed by atoms with E-state index in [0.29, 0.717) is 16.9 Å². The topological polar surface area (TPSA) is 87.3 Å². The van der Waals surface area contributed by atoms with Gasteiger partial charge >= 0.3 is 0 Å². The molecule has 0 fully saturated rings. The number of hydrogen-bond donors (Lipinski definition) is 2. The Morgan fingerprint density at radius 1 is 1.29 bits per heavy atom. The molecule has 0 saturated heterocycles. The Kier molecular flexibility index (Phi) is 2.01. The van der Waals surface area contributed by atoms with Crippen LogP contribution in [0.2, 0.25) is 0 Å². The fourth-order valence-corrected chi connectivity index (χ4v) is 1.71. The molecule has 3 heterocycles. The first-order chi connectivity index (χ1) is 8.25. The Bertz CT molecular complexity index is 743. The van der Waals surface area contributed by atoms with Gasteiger partial charge in [0.25, 0.3) is 5.56 Å². The summed E-state index contributed by atoms with van der Waals surface area (Å²) in [6, 6.07) is 1.82. The summed E-state index contributed by atoms with van der Waals surface area (Å²) in [6.45, 7) is 1.92. The van der Waals surface area contributed by atoms with Crippen LogP contribution in [-0.4, -0.2) is 25.1 Å². The predicted molar refractivity (Wildman–Crippen MR) is 62.5 cm³/mol. The maximum Gasteiger partial charge on any atom is 0.262 e. The van der Waals surface area contributed by atoms with Crippen LogP contribution in [0.4, 0.5) is 0 Å². The SMILES string of the molecule is Cc1cnccc1-c1nc2[nH]ncc2c(=O)[nH]1. The second kappa shape index (κ2) is 3.51. The molecule has 0 aromatic carbocycles. The van der Waals surface area contributed by atoms with Crippen LogP contribution in [0.15, 0.2) is 29.5 Å². The average molecular weight is 227 g/mol. The molecule has 84 valence electrons. The van der Waals surface area contributed by atoms with E-state index in [1.807, 2.05) is 13.0 Å². The van der Waals surface area contributed by atoms with Crippen molar-refractivity contribution in [2.24, 2.45) is 0 Å². The Morgan fingerprint density at radius 2 is 2.18 bits per heavy atom. The number of rotatable bonds is 1. The molecule has 0 bridgehead atoms. The Labute approximate surface area is 95.8 Å². The molecule has 0 aliphatic carbocycles. The Hall–Kier alpha value is -2.50. The molecule has 6 nitrogen and oxygen atoms in total. The molecule has 0 aliphatic rings. The van der Waals surface area contributed by atoms with E-state index < -0.39 is 0 Å². The molecular weight excluding hydrogens is 218 g/mol. The van der Waals surface area contributed by atoms with Gasteiger partial charge in [-0.2, -0.15) is 5.10 Å². The molecule has 6 heteroatoms. The largest absolute Gasteiger partial charge is 0.306 e. The van der Waals surface area contributed by atoms with Crippen molar-refractivity contribution in [1.82, 2.24) is 25.1 Å². The van der Waals surface area contributed by atoms with Crippen molar-refractivity contribution in [1.29, 1.82) is 0 Å². The van der Waals surface area contributed by atoms with Crippen LogP contribution in [0.3, 0.4) is 0 Å². The van der Waals surface area contributed by atoms with Crippen molar-refractivity contribution >= 4 is 11.0 Å². The van der Waals surface area contributed by atoms with Gasteiger partial charge in [0.05, 0.1) is 6.20 Å². The van der Waals surface area contributed by atoms with Crippen molar-refractivity contribution in [2.75, 3.05) is 0 Å². The first-order valence-electron chi connectivity index (χ1n) is 5.10. The monoisotopic (exact) mass is 227 g/mol. The highest BCUT2D eigenvalue weighted by Gasteiger charge is 2.08. The molecule has 0 unspecified atom stereocenters. The van der Waals surface area contributed by atoms with Crippen molar-refractivity contribution in [2.45, 2.75) is 6.92 Å². The number of pyridine rings is 1. The molecule has 2 N–H and O–H groups in total. The number of fused-ring (bicyclic) bond motifs is 1. The first kappa shape index (κ1) is 9.71. The number of nitrogens with zero attached hydrogens (tertiary/aromatic N) is 3. The van der Waals surface area contributed by atoms with Crippen LogP contribution in [0, 0.1) is 6.92 Å². The van der Waals surface area contributed by atoms with Crippen LogP contribution in [-0.2, 0) is 0 Å². The molecular formula is C11H9N5O. The number of aromatic amines is 2. The van der Waals surface area contributed by atoms with Gasteiger partial charge in [0.1, 0.15) is 11.2 Å². The minimum absolute atomic E-state index is 0.199. The Balaban J connectivity index is 2.32. The molecule has 0 radical (unpaired) electrons. The standard InChI is InChI=1S/C11H9N5O/c1-6-4-12-3-2-7(6)9-14-10-8(5-13-16-10)11(17)15-9/h2-5H,1H3,(H2,13,14,15,16,17). The van der Waals surface area contributed by atoms with Gasteiger partial charge in [-0.15, -0.1) is 0 Å². The fraction of sp³-hybridized carbons (Fsp3) is 0.0909. The van der Waals surface area contributed by atoms with E-state index in [1.54, 1.807) is 12.4 Å². The number of aromatic nitrogens is 5. The van der Waals surface area contributed by atoms with Gasteiger partial charge in [-0.3, -0.25) is 14.9 Å². The summed E-state index contributed by atoms with van der Waals surface area (Å²) in [5.41, 5.74) is 2.10. The molecule has 17 heavy (non-hydrogen) atoms. The van der Waals surface area contributed by atoms with E-state index in [2.05, 4.69) is 25.1 Å². The summed E-state index contributed by atoms with van der Waals surface area (Å²) in [6.07, 6.45) is 4.86. The maximum absolute atomic E-state index is 11.8. The van der Waals surface area contributed by atoms with Crippen molar-refractivity contribution in [3.8, 4) is 11.4 Å². The summed E-state index contributed by atoms with van der Waals surface area (Å²) in [4.78, 5) is 22.8. The summed E-state index contributed by atoms with van der Waals surface area (Å²) in [5, 5.41) is 6.95. The van der Waals surface area contributed by atoms with Crippen LogP contribution >= 0.6 is 0 Å². The van der Waals surface area contributed by atoms with Gasteiger partial charge in [0.15, 0.2) is 5.65 Å². The molecule has 0 saturated carbocycles. The highest BCUT2D eigenvalue weighted by Crippen LogP contribution is 2.17. The van der Waals surface area contributed by atoms with Crippen LogP contribution in [0.25, 0.3) is 22.4 Å². The molecule has 3 aromatic rings. The molecule has 3 rings (SSSR count). The first-order valence-corrected chi connectivity index (χ1v) is 5.10. The Morgan fingerprint density at radius 3 is 3.00 bits per heavy atom. The van der Waals surface area contributed by atoms with E-state index >= 15 is 0 Å². The highest BCUT2D eigenvalue weighted by molar-refractivity contribution is 5.75. The summed E-state index contributed by atoms with van der Waals surface area (Å²) in [5.74, 6) is 0.520. The third-order valence-electron chi connectivity index (χ3n) is 2.59.